The molecule has 0 bridgehead atoms. The van der Waals surface area contributed by atoms with Gasteiger partial charge in [0.25, 0.3) is 0 Å². The van der Waals surface area contributed by atoms with Gasteiger partial charge in [0.05, 0.1) is 22.8 Å². The third-order valence-corrected chi connectivity index (χ3v) is 2.76. The number of methoxy groups -OCH3 is 1. The summed E-state index contributed by atoms with van der Waals surface area (Å²) in [6.45, 7) is 1.95. The molecule has 2 aromatic rings. The van der Waals surface area contributed by atoms with Crippen molar-refractivity contribution >= 4 is 26.8 Å². The molecule has 0 aliphatic carbocycles. The van der Waals surface area contributed by atoms with Crippen molar-refractivity contribution in [3.05, 3.63) is 22.4 Å². The number of nitrogens with zero attached hydrogens (tertiary/aromatic N) is 1. The average Bonchev–Trinajstić information content (AvgIpc) is 2.60. The summed E-state index contributed by atoms with van der Waals surface area (Å²) in [5, 5.41) is 1.10. The Morgan fingerprint density at radius 1 is 1.54 bits per heavy atom. The highest BCUT2D eigenvalue weighted by atomic mass is 79.9. The molecule has 68 valence electrons. The van der Waals surface area contributed by atoms with E-state index in [0.717, 1.165) is 21.1 Å². The third kappa shape index (κ3) is 1.21. The lowest BCUT2D eigenvalue weighted by Crippen LogP contribution is -1.92. The fraction of sp³-hybridized carbons (Fsp3) is 0.222. The molecule has 2 heterocycles. The Bertz CT molecular complexity index is 450. The summed E-state index contributed by atoms with van der Waals surface area (Å²) < 4.78 is 6.03. The Morgan fingerprint density at radius 3 is 3.00 bits per heavy atom. The van der Waals surface area contributed by atoms with Gasteiger partial charge in [0.2, 0.25) is 5.88 Å². The van der Waals surface area contributed by atoms with Gasteiger partial charge >= 0.3 is 0 Å². The predicted molar refractivity (Wildman–Crippen MR) is 55.1 cm³/mol. The summed E-state index contributed by atoms with van der Waals surface area (Å²) in [6.07, 6.45) is 1.89. The minimum atomic E-state index is 0.629. The van der Waals surface area contributed by atoms with Crippen molar-refractivity contribution in [3.8, 4) is 5.88 Å². The number of halogens is 1. The van der Waals surface area contributed by atoms with Crippen molar-refractivity contribution in [1.29, 1.82) is 0 Å². The van der Waals surface area contributed by atoms with Crippen LogP contribution in [0.2, 0.25) is 0 Å². The lowest BCUT2D eigenvalue weighted by atomic mass is 10.2. The van der Waals surface area contributed by atoms with Gasteiger partial charge in [-0.3, -0.25) is 0 Å². The monoisotopic (exact) mass is 240 g/mol. The number of pyridine rings is 1. The van der Waals surface area contributed by atoms with Gasteiger partial charge in [0, 0.05) is 11.6 Å². The number of fused-ring (bicyclic) bond motifs is 1. The number of hydrogen-bond acceptors (Lipinski definition) is 2. The fourth-order valence-corrected chi connectivity index (χ4v) is 1.94. The lowest BCUT2D eigenvalue weighted by Gasteiger charge is -2.04. The second kappa shape index (κ2) is 3.03. The third-order valence-electron chi connectivity index (χ3n) is 2.00. The SMILES string of the molecule is COc1nc(C)c2[nH]ccc2c1Br. The molecule has 0 saturated heterocycles. The standard InChI is InChI=1S/C9H9BrN2O/c1-5-8-6(3-4-11-8)7(10)9(12-5)13-2/h3-4,11H,1-2H3. The van der Waals surface area contributed by atoms with E-state index < -0.39 is 0 Å². The molecule has 0 spiro atoms. The Balaban J connectivity index is 2.85. The molecule has 0 aliphatic heterocycles. The van der Waals surface area contributed by atoms with Crippen LogP contribution in [0, 0.1) is 6.92 Å². The van der Waals surface area contributed by atoms with Crippen molar-refractivity contribution in [1.82, 2.24) is 9.97 Å². The Kier molecular flexibility index (Phi) is 2.00. The second-order valence-corrected chi connectivity index (χ2v) is 3.58. The normalized spacial score (nSPS) is 10.7. The molecule has 4 heteroatoms. The lowest BCUT2D eigenvalue weighted by molar-refractivity contribution is 0.395. The number of aromatic amines is 1. The second-order valence-electron chi connectivity index (χ2n) is 2.79. The highest BCUT2D eigenvalue weighted by Crippen LogP contribution is 2.31. The quantitative estimate of drug-likeness (QED) is 0.833. The van der Waals surface area contributed by atoms with Crippen molar-refractivity contribution in [2.45, 2.75) is 6.92 Å². The maximum Gasteiger partial charge on any atom is 0.228 e. The molecule has 0 atom stereocenters. The molecule has 2 aromatic heterocycles. The first-order valence-electron chi connectivity index (χ1n) is 3.91. The number of nitrogens with one attached hydrogen (secondary N) is 1. The Hall–Kier alpha value is -1.03. The fourth-order valence-electron chi connectivity index (χ4n) is 1.36. The maximum absolute atomic E-state index is 5.13. The van der Waals surface area contributed by atoms with Crippen LogP contribution in [0.5, 0.6) is 5.88 Å². The zero-order chi connectivity index (χ0) is 9.42. The van der Waals surface area contributed by atoms with Gasteiger partial charge in [0.1, 0.15) is 0 Å². The van der Waals surface area contributed by atoms with E-state index in [2.05, 4.69) is 25.9 Å². The van der Waals surface area contributed by atoms with Crippen LogP contribution >= 0.6 is 15.9 Å². The van der Waals surface area contributed by atoms with Gasteiger partial charge in [-0.25, -0.2) is 4.98 Å². The highest BCUT2D eigenvalue weighted by Gasteiger charge is 2.10. The van der Waals surface area contributed by atoms with Crippen molar-refractivity contribution in [3.63, 3.8) is 0 Å². The average molecular weight is 241 g/mol. The number of H-pyrrole nitrogens is 1. The summed E-state index contributed by atoms with van der Waals surface area (Å²) >= 11 is 3.45. The highest BCUT2D eigenvalue weighted by molar-refractivity contribution is 9.10. The van der Waals surface area contributed by atoms with Crippen LogP contribution < -0.4 is 4.74 Å². The molecule has 0 saturated carbocycles. The van der Waals surface area contributed by atoms with E-state index in [0.29, 0.717) is 5.88 Å². The van der Waals surface area contributed by atoms with Gasteiger partial charge in [-0.15, -0.1) is 0 Å². The Labute approximate surface area is 84.3 Å². The van der Waals surface area contributed by atoms with Crippen molar-refractivity contribution in [2.75, 3.05) is 7.11 Å². The van der Waals surface area contributed by atoms with Crippen molar-refractivity contribution in [2.24, 2.45) is 0 Å². The largest absolute Gasteiger partial charge is 0.480 e. The minimum absolute atomic E-state index is 0.629. The molecule has 13 heavy (non-hydrogen) atoms. The first kappa shape index (κ1) is 8.56. The first-order valence-corrected chi connectivity index (χ1v) is 4.70. The van der Waals surface area contributed by atoms with Gasteiger partial charge in [-0.2, -0.15) is 0 Å². The van der Waals surface area contributed by atoms with E-state index in [1.807, 2.05) is 19.2 Å². The summed E-state index contributed by atoms with van der Waals surface area (Å²) in [7, 11) is 1.62. The molecular formula is C9H9BrN2O. The summed E-state index contributed by atoms with van der Waals surface area (Å²) in [5.74, 6) is 0.629. The molecule has 0 unspecified atom stereocenters. The number of aryl methyl sites for hydroxylation is 1. The van der Waals surface area contributed by atoms with Crippen LogP contribution in [-0.4, -0.2) is 17.1 Å². The molecule has 0 aromatic carbocycles. The number of ether oxygens (including phenoxy) is 1. The van der Waals surface area contributed by atoms with E-state index >= 15 is 0 Å². The molecule has 0 fully saturated rings. The van der Waals surface area contributed by atoms with Gasteiger partial charge in [0.15, 0.2) is 0 Å². The summed E-state index contributed by atoms with van der Waals surface area (Å²) in [4.78, 5) is 7.42. The van der Waals surface area contributed by atoms with Gasteiger partial charge < -0.3 is 9.72 Å². The Morgan fingerprint density at radius 2 is 2.31 bits per heavy atom. The van der Waals surface area contributed by atoms with E-state index in [1.165, 1.54) is 0 Å². The van der Waals surface area contributed by atoms with Gasteiger partial charge in [-0.05, 0) is 28.9 Å². The van der Waals surface area contributed by atoms with Crippen LogP contribution in [0.1, 0.15) is 5.69 Å². The molecule has 1 N–H and O–H groups in total. The maximum atomic E-state index is 5.13. The molecule has 0 radical (unpaired) electrons. The summed E-state index contributed by atoms with van der Waals surface area (Å²) in [5.41, 5.74) is 1.99. The zero-order valence-corrected chi connectivity index (χ0v) is 8.97. The molecule has 2 rings (SSSR count). The summed E-state index contributed by atoms with van der Waals surface area (Å²) in [6, 6.07) is 2.00. The van der Waals surface area contributed by atoms with Crippen LogP contribution in [-0.2, 0) is 0 Å². The van der Waals surface area contributed by atoms with Crippen molar-refractivity contribution < 1.29 is 4.74 Å². The minimum Gasteiger partial charge on any atom is -0.480 e. The van der Waals surface area contributed by atoms with E-state index in [9.17, 15) is 0 Å². The number of rotatable bonds is 1. The molecular weight excluding hydrogens is 232 g/mol. The smallest absolute Gasteiger partial charge is 0.228 e. The van der Waals surface area contributed by atoms with Crippen LogP contribution in [0.15, 0.2) is 16.7 Å². The number of aromatic nitrogens is 2. The van der Waals surface area contributed by atoms with Gasteiger partial charge in [-0.1, -0.05) is 0 Å². The first-order chi connectivity index (χ1) is 6.24. The topological polar surface area (TPSA) is 37.9 Å². The molecule has 0 amide bonds. The predicted octanol–water partition coefficient (Wildman–Crippen LogP) is 2.64. The van der Waals surface area contributed by atoms with Crippen LogP contribution in [0.25, 0.3) is 10.9 Å². The van der Waals surface area contributed by atoms with Crippen LogP contribution in [0.3, 0.4) is 0 Å². The molecule has 3 nitrogen and oxygen atoms in total. The zero-order valence-electron chi connectivity index (χ0n) is 7.39. The van der Waals surface area contributed by atoms with E-state index in [1.54, 1.807) is 7.11 Å². The van der Waals surface area contributed by atoms with E-state index in [-0.39, 0.29) is 0 Å². The number of hydrogen-bond donors (Lipinski definition) is 1. The van der Waals surface area contributed by atoms with E-state index in [4.69, 9.17) is 4.74 Å². The molecule has 0 aliphatic rings. The van der Waals surface area contributed by atoms with Crippen LogP contribution in [0.4, 0.5) is 0 Å².